The Bertz CT molecular complexity index is 597. The predicted molar refractivity (Wildman–Crippen MR) is 67.7 cm³/mol. The Morgan fingerprint density at radius 3 is 2.61 bits per heavy atom. The lowest BCUT2D eigenvalue weighted by Crippen LogP contribution is -2.33. The number of aromatic amines is 2. The number of aromatic nitrogens is 2. The summed E-state index contributed by atoms with van der Waals surface area (Å²) in [6, 6.07) is 0. The number of nitrogens with one attached hydrogen (secondary N) is 2. The number of hydrogen-bond donors (Lipinski definition) is 2. The number of hydrogen-bond acceptors (Lipinski definition) is 4. The minimum atomic E-state index is -0.550. The van der Waals surface area contributed by atoms with Crippen LogP contribution in [0.2, 0.25) is 0 Å². The van der Waals surface area contributed by atoms with Crippen molar-refractivity contribution in [1.29, 1.82) is 0 Å². The fourth-order valence-corrected chi connectivity index (χ4v) is 1.97. The highest BCUT2D eigenvalue weighted by Crippen LogP contribution is 2.20. The van der Waals surface area contributed by atoms with Gasteiger partial charge < -0.3 is 9.72 Å². The SMILES string of the molecule is CC(C)(C)OC(=O)N1Cc2[nH]c(=S)[nH]c(=O)c2C1. The molecule has 7 heteroatoms. The highest BCUT2D eigenvalue weighted by Gasteiger charge is 2.29. The number of rotatable bonds is 0. The van der Waals surface area contributed by atoms with Gasteiger partial charge in [-0.15, -0.1) is 0 Å². The highest BCUT2D eigenvalue weighted by molar-refractivity contribution is 7.71. The van der Waals surface area contributed by atoms with Crippen molar-refractivity contribution in [3.8, 4) is 0 Å². The van der Waals surface area contributed by atoms with Crippen molar-refractivity contribution in [2.24, 2.45) is 0 Å². The summed E-state index contributed by atoms with van der Waals surface area (Å²) in [6.07, 6.45) is -0.433. The number of ether oxygens (including phenoxy) is 1. The topological polar surface area (TPSA) is 78.2 Å². The third-order valence-corrected chi connectivity index (χ3v) is 2.68. The summed E-state index contributed by atoms with van der Waals surface area (Å²) in [5.41, 5.74) is 0.411. The molecule has 2 heterocycles. The molecule has 1 aliphatic heterocycles. The van der Waals surface area contributed by atoms with Crippen LogP contribution in [0.5, 0.6) is 0 Å². The summed E-state index contributed by atoms with van der Waals surface area (Å²) in [5, 5.41) is 0. The molecular formula is C11H15N3O3S. The van der Waals surface area contributed by atoms with Crippen molar-refractivity contribution >= 4 is 18.3 Å². The van der Waals surface area contributed by atoms with Crippen LogP contribution in [0, 0.1) is 4.77 Å². The Morgan fingerprint density at radius 1 is 1.33 bits per heavy atom. The van der Waals surface area contributed by atoms with E-state index in [1.807, 2.05) is 0 Å². The monoisotopic (exact) mass is 269 g/mol. The number of amides is 1. The van der Waals surface area contributed by atoms with Crippen LogP contribution in [0.1, 0.15) is 32.0 Å². The Kier molecular flexibility index (Phi) is 3.02. The first-order valence-corrected chi connectivity index (χ1v) is 5.99. The molecule has 0 aromatic carbocycles. The lowest BCUT2D eigenvalue weighted by molar-refractivity contribution is 0.0240. The fraction of sp³-hybridized carbons (Fsp3) is 0.545. The van der Waals surface area contributed by atoms with Gasteiger partial charge in [-0.25, -0.2) is 4.79 Å². The molecule has 18 heavy (non-hydrogen) atoms. The Hall–Kier alpha value is -1.63. The van der Waals surface area contributed by atoms with Gasteiger partial charge in [0.2, 0.25) is 0 Å². The molecule has 0 saturated heterocycles. The van der Waals surface area contributed by atoms with Gasteiger partial charge in [-0.05, 0) is 33.0 Å². The first kappa shape index (κ1) is 12.8. The summed E-state index contributed by atoms with van der Waals surface area (Å²) < 4.78 is 5.53. The van der Waals surface area contributed by atoms with Crippen LogP contribution in [-0.4, -0.2) is 26.6 Å². The highest BCUT2D eigenvalue weighted by atomic mass is 32.1. The predicted octanol–water partition coefficient (Wildman–Crippen LogP) is 1.68. The van der Waals surface area contributed by atoms with Gasteiger partial charge in [0, 0.05) is 5.69 Å². The van der Waals surface area contributed by atoms with Crippen LogP contribution >= 0.6 is 12.2 Å². The van der Waals surface area contributed by atoms with Gasteiger partial charge in [0.25, 0.3) is 5.56 Å². The van der Waals surface area contributed by atoms with Gasteiger partial charge in [0.1, 0.15) is 5.60 Å². The summed E-state index contributed by atoms with van der Waals surface area (Å²) in [6.45, 7) is 5.96. The summed E-state index contributed by atoms with van der Waals surface area (Å²) in [4.78, 5) is 30.4. The molecule has 0 saturated carbocycles. The first-order chi connectivity index (χ1) is 8.26. The zero-order valence-electron chi connectivity index (χ0n) is 10.5. The average molecular weight is 269 g/mol. The van der Waals surface area contributed by atoms with Crippen molar-refractivity contribution in [2.75, 3.05) is 0 Å². The smallest absolute Gasteiger partial charge is 0.410 e. The Balaban J connectivity index is 2.20. The molecule has 0 spiro atoms. The third-order valence-electron chi connectivity index (χ3n) is 2.48. The van der Waals surface area contributed by atoms with Crippen LogP contribution in [0.25, 0.3) is 0 Å². The lowest BCUT2D eigenvalue weighted by Gasteiger charge is -2.23. The van der Waals surface area contributed by atoms with Crippen molar-refractivity contribution in [3.63, 3.8) is 0 Å². The van der Waals surface area contributed by atoms with Gasteiger partial charge in [-0.1, -0.05) is 0 Å². The van der Waals surface area contributed by atoms with Crippen LogP contribution in [0.3, 0.4) is 0 Å². The largest absolute Gasteiger partial charge is 0.444 e. The molecule has 2 N–H and O–H groups in total. The summed E-state index contributed by atoms with van der Waals surface area (Å²) in [7, 11) is 0. The van der Waals surface area contributed by atoms with Gasteiger partial charge in [0.15, 0.2) is 4.77 Å². The average Bonchev–Trinajstić information content (AvgIpc) is 2.58. The first-order valence-electron chi connectivity index (χ1n) is 5.58. The molecule has 1 amide bonds. The molecule has 1 aliphatic rings. The molecule has 2 rings (SSSR count). The van der Waals surface area contributed by atoms with Crippen LogP contribution in [0.15, 0.2) is 4.79 Å². The summed E-state index contributed by atoms with van der Waals surface area (Å²) in [5.74, 6) is 0. The second kappa shape index (κ2) is 4.24. The van der Waals surface area contributed by atoms with E-state index in [1.165, 1.54) is 4.90 Å². The quantitative estimate of drug-likeness (QED) is 0.702. The van der Waals surface area contributed by atoms with Crippen LogP contribution in [0.4, 0.5) is 4.79 Å². The molecule has 0 radical (unpaired) electrons. The number of carbonyl (C=O) groups excluding carboxylic acids is 1. The summed E-state index contributed by atoms with van der Waals surface area (Å²) >= 11 is 4.89. The second-order valence-electron chi connectivity index (χ2n) is 5.20. The molecule has 0 fully saturated rings. The van der Waals surface area contributed by atoms with Crippen LogP contribution in [-0.2, 0) is 17.8 Å². The fourth-order valence-electron chi connectivity index (χ4n) is 1.75. The number of fused-ring (bicyclic) bond motifs is 1. The zero-order valence-corrected chi connectivity index (χ0v) is 11.3. The van der Waals surface area contributed by atoms with E-state index < -0.39 is 11.7 Å². The van der Waals surface area contributed by atoms with E-state index in [-0.39, 0.29) is 16.9 Å². The van der Waals surface area contributed by atoms with Crippen molar-refractivity contribution in [2.45, 2.75) is 39.5 Å². The number of carbonyl (C=O) groups is 1. The van der Waals surface area contributed by atoms with Crippen molar-refractivity contribution in [3.05, 3.63) is 26.4 Å². The third kappa shape index (κ3) is 2.61. The minimum absolute atomic E-state index is 0.242. The molecule has 1 aromatic rings. The normalized spacial score (nSPS) is 14.5. The van der Waals surface area contributed by atoms with E-state index >= 15 is 0 Å². The van der Waals surface area contributed by atoms with Gasteiger partial charge in [-0.2, -0.15) is 0 Å². The van der Waals surface area contributed by atoms with E-state index in [4.69, 9.17) is 17.0 Å². The minimum Gasteiger partial charge on any atom is -0.444 e. The standard InChI is InChI=1S/C11H15N3O3S/c1-11(2,3)17-10(16)14-4-6-7(5-14)12-9(18)13-8(6)15/h4-5H2,1-3H3,(H2,12,13,15,18). The Morgan fingerprint density at radius 2 is 2.00 bits per heavy atom. The zero-order chi connectivity index (χ0) is 13.5. The lowest BCUT2D eigenvalue weighted by atomic mass is 10.2. The van der Waals surface area contributed by atoms with Gasteiger partial charge in [-0.3, -0.25) is 14.7 Å². The van der Waals surface area contributed by atoms with E-state index in [2.05, 4.69) is 9.97 Å². The maximum Gasteiger partial charge on any atom is 0.410 e. The second-order valence-corrected chi connectivity index (χ2v) is 5.61. The van der Waals surface area contributed by atoms with Gasteiger partial charge in [0.05, 0.1) is 18.7 Å². The molecule has 0 atom stereocenters. The van der Waals surface area contributed by atoms with Gasteiger partial charge >= 0.3 is 6.09 Å². The van der Waals surface area contributed by atoms with Crippen molar-refractivity contribution in [1.82, 2.24) is 14.9 Å². The number of H-pyrrole nitrogens is 2. The van der Waals surface area contributed by atoms with E-state index in [1.54, 1.807) is 20.8 Å². The van der Waals surface area contributed by atoms with E-state index in [0.717, 1.165) is 0 Å². The maximum absolute atomic E-state index is 11.9. The van der Waals surface area contributed by atoms with E-state index in [9.17, 15) is 9.59 Å². The number of nitrogens with zero attached hydrogens (tertiary/aromatic N) is 1. The van der Waals surface area contributed by atoms with Crippen LogP contribution < -0.4 is 5.56 Å². The molecule has 98 valence electrons. The molecule has 0 bridgehead atoms. The maximum atomic E-state index is 11.9. The van der Waals surface area contributed by atoms with Crippen molar-refractivity contribution < 1.29 is 9.53 Å². The molecular weight excluding hydrogens is 254 g/mol. The Labute approximate surface area is 109 Å². The van der Waals surface area contributed by atoms with E-state index in [0.29, 0.717) is 17.8 Å². The molecule has 0 unspecified atom stereocenters. The molecule has 6 nitrogen and oxygen atoms in total. The molecule has 1 aromatic heterocycles. The molecule has 0 aliphatic carbocycles.